The van der Waals surface area contributed by atoms with Crippen LogP contribution in [0.1, 0.15) is 131 Å². The average Bonchev–Trinajstić information content (AvgIpc) is 2.86. The topological polar surface area (TPSA) is 212 Å². The summed E-state index contributed by atoms with van der Waals surface area (Å²) in [6.45, 7) is 12.9. The molecule has 0 aromatic rings. The molecule has 0 aromatic carbocycles. The molecule has 0 aromatic heterocycles. The van der Waals surface area contributed by atoms with Crippen LogP contribution in [-0.4, -0.2) is 43.1 Å². The van der Waals surface area contributed by atoms with Crippen LogP contribution < -0.4 is 28.3 Å². The number of hydrogen-bond donors (Lipinski definition) is 7. The molecular formula is C28H65Cl3N10. The van der Waals surface area contributed by atoms with Gasteiger partial charge in [-0.15, -0.1) is 37.2 Å². The number of nitrogens with one attached hydrogen (secondary N) is 3. The summed E-state index contributed by atoms with van der Waals surface area (Å²) in [6, 6.07) is 1.97. The molecule has 0 saturated carbocycles. The van der Waals surface area contributed by atoms with E-state index in [1.54, 1.807) is 0 Å². The zero-order valence-corrected chi connectivity index (χ0v) is 29.1. The van der Waals surface area contributed by atoms with Gasteiger partial charge in [0.15, 0.2) is 11.9 Å². The molecule has 0 aliphatic heterocycles. The minimum absolute atomic E-state index is 0. The van der Waals surface area contributed by atoms with Crippen molar-refractivity contribution in [2.45, 2.75) is 131 Å². The first kappa shape index (κ1) is 55.2. The van der Waals surface area contributed by atoms with E-state index in [4.69, 9.17) is 39.0 Å². The van der Waals surface area contributed by atoms with Crippen LogP contribution in [0.5, 0.6) is 0 Å². The molecule has 0 spiro atoms. The molecule has 0 bridgehead atoms. The van der Waals surface area contributed by atoms with E-state index >= 15 is 0 Å². The highest BCUT2D eigenvalue weighted by Gasteiger charge is 1.95. The highest BCUT2D eigenvalue weighted by Crippen LogP contribution is 2.01. The third-order valence-electron chi connectivity index (χ3n) is 4.83. The van der Waals surface area contributed by atoms with Crippen LogP contribution in [0, 0.1) is 22.1 Å². The van der Waals surface area contributed by atoms with Crippen molar-refractivity contribution in [1.29, 1.82) is 16.1 Å². The van der Waals surface area contributed by atoms with Gasteiger partial charge in [0.25, 0.3) is 0 Å². The highest BCUT2D eigenvalue weighted by molar-refractivity contribution is 5.97. The Labute approximate surface area is 271 Å². The number of nitriles is 1. The molecule has 0 fully saturated rings. The van der Waals surface area contributed by atoms with Crippen LogP contribution in [0.15, 0.2) is 9.98 Å². The molecule has 0 atom stereocenters. The molecule has 13 heteroatoms. The Morgan fingerprint density at radius 2 is 1.05 bits per heavy atom. The van der Waals surface area contributed by atoms with E-state index < -0.39 is 0 Å². The Balaban J connectivity index is -0.0000000783. The molecule has 10 nitrogen and oxygen atoms in total. The molecule has 0 radical (unpaired) electrons. The lowest BCUT2D eigenvalue weighted by Gasteiger charge is -2.04. The number of rotatable bonds is 17. The van der Waals surface area contributed by atoms with Gasteiger partial charge in [-0.3, -0.25) is 20.7 Å². The quantitative estimate of drug-likeness (QED) is 0.0510. The van der Waals surface area contributed by atoms with Gasteiger partial charge in [0.05, 0.1) is 18.3 Å². The van der Waals surface area contributed by atoms with E-state index in [0.29, 0.717) is 29.9 Å². The number of aliphatic imine (C=N–C) groups is 2. The number of nitrogens with two attached hydrogens (primary N) is 4. The fourth-order valence-electron chi connectivity index (χ4n) is 2.47. The molecule has 0 aliphatic rings. The lowest BCUT2D eigenvalue weighted by molar-refractivity contribution is 0.738. The van der Waals surface area contributed by atoms with Crippen LogP contribution in [0.25, 0.3) is 0 Å². The number of hydrogen-bond acceptors (Lipinski definition) is 6. The Bertz CT molecular complexity index is 601. The predicted octanol–water partition coefficient (Wildman–Crippen LogP) is 6.82. The van der Waals surface area contributed by atoms with Gasteiger partial charge in [0, 0.05) is 25.2 Å². The molecule has 0 saturated heterocycles. The minimum atomic E-state index is 0. The Hall–Kier alpha value is -1.80. The van der Waals surface area contributed by atoms with Gasteiger partial charge < -0.3 is 28.3 Å². The summed E-state index contributed by atoms with van der Waals surface area (Å²) in [5.74, 6) is 1.01. The van der Waals surface area contributed by atoms with E-state index in [0.717, 1.165) is 71.0 Å². The minimum Gasteiger partial charge on any atom is -0.388 e. The van der Waals surface area contributed by atoms with Crippen LogP contribution in [-0.2, 0) is 0 Å². The summed E-state index contributed by atoms with van der Waals surface area (Å²) in [6.07, 6.45) is 15.5. The summed E-state index contributed by atoms with van der Waals surface area (Å²) in [5.41, 5.74) is 22.0. The Kier molecular flexibility index (Phi) is 68.6. The summed E-state index contributed by atoms with van der Waals surface area (Å²) >= 11 is 0. The van der Waals surface area contributed by atoms with Gasteiger partial charge in [-0.25, -0.2) is 0 Å². The third-order valence-corrected chi connectivity index (χ3v) is 4.83. The van der Waals surface area contributed by atoms with E-state index in [-0.39, 0.29) is 37.2 Å². The zero-order valence-electron chi connectivity index (χ0n) is 26.6. The molecule has 0 unspecified atom stereocenters. The lowest BCUT2D eigenvalue weighted by atomic mass is 10.1. The van der Waals surface area contributed by atoms with Crippen LogP contribution >= 0.6 is 37.2 Å². The molecule has 0 heterocycles. The maximum Gasteiger partial charge on any atom is 0.195 e. The number of nitrogens with zero attached hydrogens (tertiary/aromatic N) is 3. The van der Waals surface area contributed by atoms with E-state index in [9.17, 15) is 0 Å². The van der Waals surface area contributed by atoms with Gasteiger partial charge in [-0.05, 0) is 45.1 Å². The Morgan fingerprint density at radius 1 is 0.659 bits per heavy atom. The van der Waals surface area contributed by atoms with Crippen molar-refractivity contribution in [3.63, 3.8) is 0 Å². The van der Waals surface area contributed by atoms with Crippen molar-refractivity contribution in [2.24, 2.45) is 32.9 Å². The van der Waals surface area contributed by atoms with Crippen molar-refractivity contribution < 1.29 is 0 Å². The summed E-state index contributed by atoms with van der Waals surface area (Å²) in [4.78, 5) is 8.21. The van der Waals surface area contributed by atoms with Crippen LogP contribution in [0.4, 0.5) is 0 Å². The summed E-state index contributed by atoms with van der Waals surface area (Å²) < 4.78 is 0. The van der Waals surface area contributed by atoms with Crippen molar-refractivity contribution in [1.82, 2.24) is 5.32 Å². The lowest BCUT2D eigenvalue weighted by Crippen LogP contribution is -2.41. The highest BCUT2D eigenvalue weighted by atomic mass is 35.5. The van der Waals surface area contributed by atoms with E-state index in [1.165, 1.54) is 38.5 Å². The van der Waals surface area contributed by atoms with Crippen molar-refractivity contribution in [3.8, 4) is 6.07 Å². The molecule has 41 heavy (non-hydrogen) atoms. The fourth-order valence-corrected chi connectivity index (χ4v) is 2.47. The maximum absolute atomic E-state index is 8.20. The molecule has 248 valence electrons. The SMILES string of the molecule is CCCCCC(=N)CC#N.CCCCCC(=N)N.CCCCN.CCCCN=C(N)NC(N)=NCCCC.Cl.Cl.Cl. The van der Waals surface area contributed by atoms with Gasteiger partial charge >= 0.3 is 0 Å². The largest absolute Gasteiger partial charge is 0.388 e. The van der Waals surface area contributed by atoms with Crippen molar-refractivity contribution >= 4 is 60.7 Å². The maximum atomic E-state index is 8.20. The van der Waals surface area contributed by atoms with Crippen LogP contribution in [0.2, 0.25) is 0 Å². The second-order valence-corrected chi connectivity index (χ2v) is 8.89. The van der Waals surface area contributed by atoms with Gasteiger partial charge in [-0.2, -0.15) is 5.26 Å². The molecular weight excluding hydrogens is 583 g/mol. The van der Waals surface area contributed by atoms with Crippen molar-refractivity contribution in [3.05, 3.63) is 0 Å². The van der Waals surface area contributed by atoms with Crippen molar-refractivity contribution in [2.75, 3.05) is 19.6 Å². The number of guanidine groups is 2. The van der Waals surface area contributed by atoms with Gasteiger partial charge in [0.1, 0.15) is 0 Å². The normalized spacial score (nSPS) is 9.68. The smallest absolute Gasteiger partial charge is 0.195 e. The standard InChI is InChI=1S/C10H23N5.C8H14N2.C6H14N2.C4H11N.3ClH/c1-3-5-7-13-9(11)15-10(12)14-8-6-4-2;1-2-3-4-5-8(10)6-7-9;1-2-3-4-5-6(7)8;1-2-3-4-5;;;/h3-8H2,1-2H3,(H5,11,12,13,14,15);10H,2-6H2,1H3;2-5H2,1H3,(H3,7,8);2-5H2,1H3;3*1H. The third kappa shape index (κ3) is 67.7. The Morgan fingerprint density at radius 3 is 1.34 bits per heavy atom. The second-order valence-electron chi connectivity index (χ2n) is 8.89. The predicted molar refractivity (Wildman–Crippen MR) is 190 cm³/mol. The molecule has 0 aliphatic carbocycles. The van der Waals surface area contributed by atoms with Gasteiger partial charge in [0.2, 0.25) is 0 Å². The first-order valence-electron chi connectivity index (χ1n) is 14.5. The monoisotopic (exact) mass is 646 g/mol. The molecule has 11 N–H and O–H groups in total. The van der Waals surface area contributed by atoms with Crippen LogP contribution in [0.3, 0.4) is 0 Å². The zero-order chi connectivity index (χ0) is 29.9. The first-order chi connectivity index (χ1) is 18.2. The van der Waals surface area contributed by atoms with E-state index in [2.05, 4.69) is 49.9 Å². The van der Waals surface area contributed by atoms with E-state index in [1.807, 2.05) is 6.07 Å². The summed E-state index contributed by atoms with van der Waals surface area (Å²) in [7, 11) is 0. The first-order valence-corrected chi connectivity index (χ1v) is 14.5. The van der Waals surface area contributed by atoms with Gasteiger partial charge in [-0.1, -0.05) is 79.6 Å². The summed E-state index contributed by atoms with van der Waals surface area (Å²) in [5, 5.41) is 25.1. The average molecular weight is 648 g/mol. The molecule has 0 amide bonds. The fraction of sp³-hybridized carbons (Fsp3) is 0.821. The second kappa shape index (κ2) is 51.0. The molecule has 0 rings (SSSR count). The number of amidine groups is 1. The number of unbranched alkanes of at least 4 members (excludes halogenated alkanes) is 7. The number of halogens is 3.